The van der Waals surface area contributed by atoms with E-state index in [1.807, 2.05) is 18.9 Å². The fourth-order valence-electron chi connectivity index (χ4n) is 4.61. The second-order valence-electron chi connectivity index (χ2n) is 8.28. The summed E-state index contributed by atoms with van der Waals surface area (Å²) in [6.07, 6.45) is -1.61. The summed E-state index contributed by atoms with van der Waals surface area (Å²) in [6.45, 7) is 4.83. The first-order chi connectivity index (χ1) is 15.7. The summed E-state index contributed by atoms with van der Waals surface area (Å²) in [6, 6.07) is 4.74. The van der Waals surface area contributed by atoms with Gasteiger partial charge < -0.3 is 19.3 Å². The van der Waals surface area contributed by atoms with Crippen molar-refractivity contribution in [2.75, 3.05) is 40.4 Å². The number of rotatable bonds is 8. The summed E-state index contributed by atoms with van der Waals surface area (Å²) in [4.78, 5) is 28.2. The van der Waals surface area contributed by atoms with Gasteiger partial charge >= 0.3 is 12.1 Å². The lowest BCUT2D eigenvalue weighted by Gasteiger charge is -2.38. The lowest BCUT2D eigenvalue weighted by atomic mass is 9.79. The Morgan fingerprint density at radius 2 is 1.82 bits per heavy atom. The van der Waals surface area contributed by atoms with E-state index in [1.165, 1.54) is 19.2 Å². The number of benzene rings is 1. The molecule has 0 aliphatic carbocycles. The molecule has 1 atom stereocenters. The number of methoxy groups -OCH3 is 1. The Balaban J connectivity index is 2.10. The maximum Gasteiger partial charge on any atom is 0.416 e. The Kier molecular flexibility index (Phi) is 7.84. The molecule has 0 spiro atoms. The van der Waals surface area contributed by atoms with Crippen molar-refractivity contribution < 1.29 is 32.2 Å². The first-order valence-corrected chi connectivity index (χ1v) is 10.9. The number of hydrogen-bond acceptors (Lipinski definition) is 6. The third kappa shape index (κ3) is 5.40. The summed E-state index contributed by atoms with van der Waals surface area (Å²) in [5.74, 6) is -1.25. The molecular weight excluding hydrogens is 437 g/mol. The average Bonchev–Trinajstić information content (AvgIpc) is 3.31. The lowest BCUT2D eigenvalue weighted by Crippen LogP contribution is -2.34. The van der Waals surface area contributed by atoms with Crippen LogP contribution in [0.25, 0.3) is 0 Å². The summed E-state index contributed by atoms with van der Waals surface area (Å²) in [5.41, 5.74) is 2.24. The Morgan fingerprint density at radius 1 is 1.18 bits per heavy atom. The number of hydrogen-bond donors (Lipinski definition) is 0. The van der Waals surface area contributed by atoms with Gasteiger partial charge in [0.05, 0.1) is 18.2 Å². The molecule has 6 nitrogen and oxygen atoms in total. The predicted molar refractivity (Wildman–Crippen MR) is 116 cm³/mol. The van der Waals surface area contributed by atoms with Crippen molar-refractivity contribution in [1.82, 2.24) is 9.80 Å². The highest BCUT2D eigenvalue weighted by molar-refractivity contribution is 5.92. The Hall–Kier alpha value is -2.81. The van der Waals surface area contributed by atoms with Crippen LogP contribution in [-0.4, -0.2) is 62.6 Å². The van der Waals surface area contributed by atoms with Crippen molar-refractivity contribution in [2.45, 2.75) is 38.3 Å². The van der Waals surface area contributed by atoms with Gasteiger partial charge in [0.15, 0.2) is 0 Å². The van der Waals surface area contributed by atoms with Gasteiger partial charge in [0.1, 0.15) is 6.61 Å². The van der Waals surface area contributed by atoms with Crippen molar-refractivity contribution in [3.05, 3.63) is 57.9 Å². The summed E-state index contributed by atoms with van der Waals surface area (Å²) >= 11 is 0. The van der Waals surface area contributed by atoms with Crippen LogP contribution in [0.1, 0.15) is 43.2 Å². The topological polar surface area (TPSA) is 59.1 Å². The number of carbonyl (C=O) groups is 2. The van der Waals surface area contributed by atoms with E-state index >= 15 is 0 Å². The molecular formula is C24H29F3N2O4. The van der Waals surface area contributed by atoms with Crippen LogP contribution in [0, 0.1) is 0 Å². The molecule has 9 heteroatoms. The van der Waals surface area contributed by atoms with Crippen LogP contribution in [-0.2, 0) is 25.2 Å². The number of nitrogens with zero attached hydrogens (tertiary/aromatic N) is 2. The molecule has 1 fully saturated rings. The smallest absolute Gasteiger partial charge is 0.416 e. The second kappa shape index (κ2) is 10.4. The van der Waals surface area contributed by atoms with Gasteiger partial charge in [0.2, 0.25) is 0 Å². The zero-order chi connectivity index (χ0) is 24.2. The molecule has 2 heterocycles. The molecule has 1 aromatic carbocycles. The Bertz CT molecular complexity index is 932. The first kappa shape index (κ1) is 24.8. The largest absolute Gasteiger partial charge is 0.466 e. The van der Waals surface area contributed by atoms with E-state index in [0.29, 0.717) is 29.6 Å². The third-order valence-corrected chi connectivity index (χ3v) is 6.47. The van der Waals surface area contributed by atoms with E-state index in [0.717, 1.165) is 56.0 Å². The molecule has 0 radical (unpaired) electrons. The molecule has 33 heavy (non-hydrogen) atoms. The van der Waals surface area contributed by atoms with Crippen LogP contribution >= 0.6 is 0 Å². The number of halogens is 3. The molecule has 3 rings (SSSR count). The van der Waals surface area contributed by atoms with Crippen molar-refractivity contribution in [3.63, 3.8) is 0 Å². The molecule has 1 aromatic rings. The highest BCUT2D eigenvalue weighted by Crippen LogP contribution is 2.43. The maximum atomic E-state index is 13.1. The number of allylic oxidation sites excluding steroid dienone is 1. The molecule has 180 valence electrons. The van der Waals surface area contributed by atoms with Crippen molar-refractivity contribution in [3.8, 4) is 0 Å². The second-order valence-corrected chi connectivity index (χ2v) is 8.28. The van der Waals surface area contributed by atoms with Crippen LogP contribution in [0.4, 0.5) is 13.2 Å². The van der Waals surface area contributed by atoms with Crippen molar-refractivity contribution >= 4 is 12.4 Å². The van der Waals surface area contributed by atoms with Crippen molar-refractivity contribution in [2.24, 2.45) is 0 Å². The molecule has 0 saturated carbocycles. The van der Waals surface area contributed by atoms with Crippen LogP contribution in [0.2, 0.25) is 0 Å². The number of alkyl halides is 3. The van der Waals surface area contributed by atoms with Crippen LogP contribution in [0.15, 0.2) is 46.8 Å². The maximum absolute atomic E-state index is 13.1. The van der Waals surface area contributed by atoms with Gasteiger partial charge in [-0.25, -0.2) is 4.79 Å². The number of carbonyl (C=O) groups excluding carboxylic acids is 2. The number of esters is 1. The fraction of sp³-hybridized carbons (Fsp3) is 0.500. The Morgan fingerprint density at radius 3 is 2.36 bits per heavy atom. The van der Waals surface area contributed by atoms with E-state index in [-0.39, 0.29) is 6.61 Å². The highest BCUT2D eigenvalue weighted by Gasteiger charge is 2.38. The highest BCUT2D eigenvalue weighted by atomic mass is 19.4. The van der Waals surface area contributed by atoms with Gasteiger partial charge in [-0.15, -0.1) is 0 Å². The standard InChI is InChI=1S/C24H29F3N2O4/c1-16-19(14-33-15-30)21(17-6-8-18(9-7-17)24(25,26)27)22(23(31)32-3)20(28(16)2)10-13-29-11-4-5-12-29/h6-9,15,21H,4-5,10-14H2,1-3H3. The first-order valence-electron chi connectivity index (χ1n) is 10.9. The molecule has 2 aliphatic heterocycles. The van der Waals surface area contributed by atoms with E-state index in [1.54, 1.807) is 0 Å². The minimum Gasteiger partial charge on any atom is -0.466 e. The zero-order valence-electron chi connectivity index (χ0n) is 19.1. The molecule has 0 N–H and O–H groups in total. The quantitative estimate of drug-likeness (QED) is 0.425. The molecule has 0 amide bonds. The molecule has 1 saturated heterocycles. The number of ether oxygens (including phenoxy) is 2. The van der Waals surface area contributed by atoms with Gasteiger partial charge in [-0.1, -0.05) is 12.1 Å². The van der Waals surface area contributed by atoms with Gasteiger partial charge in [-0.3, -0.25) is 4.79 Å². The molecule has 2 aliphatic rings. The minimum atomic E-state index is -4.47. The Labute approximate surface area is 191 Å². The van der Waals surface area contributed by atoms with Gasteiger partial charge in [0.25, 0.3) is 6.47 Å². The fourth-order valence-corrected chi connectivity index (χ4v) is 4.61. The molecule has 1 unspecified atom stereocenters. The van der Waals surface area contributed by atoms with E-state index in [4.69, 9.17) is 9.47 Å². The normalized spacial score (nSPS) is 19.8. The third-order valence-electron chi connectivity index (χ3n) is 6.47. The SMILES string of the molecule is COC(=O)C1=C(CCN2CCCC2)N(C)C(C)=C(COC=O)C1c1ccc(C(F)(F)F)cc1. The zero-order valence-corrected chi connectivity index (χ0v) is 19.1. The van der Waals surface area contributed by atoms with E-state index < -0.39 is 23.6 Å². The van der Waals surface area contributed by atoms with E-state index in [9.17, 15) is 22.8 Å². The van der Waals surface area contributed by atoms with Crippen LogP contribution < -0.4 is 0 Å². The molecule has 0 aromatic heterocycles. The van der Waals surface area contributed by atoms with Gasteiger partial charge in [-0.2, -0.15) is 13.2 Å². The average molecular weight is 467 g/mol. The summed E-state index contributed by atoms with van der Waals surface area (Å²) in [5, 5.41) is 0. The van der Waals surface area contributed by atoms with Crippen LogP contribution in [0.5, 0.6) is 0 Å². The summed E-state index contributed by atoms with van der Waals surface area (Å²) in [7, 11) is 3.12. The predicted octanol–water partition coefficient (Wildman–Crippen LogP) is 4.09. The van der Waals surface area contributed by atoms with Gasteiger partial charge in [-0.05, 0) is 56.1 Å². The van der Waals surface area contributed by atoms with E-state index in [2.05, 4.69) is 4.90 Å². The lowest BCUT2D eigenvalue weighted by molar-refractivity contribution is -0.138. The number of likely N-dealkylation sites (tertiary alicyclic amines) is 1. The minimum absolute atomic E-state index is 0.0920. The van der Waals surface area contributed by atoms with Crippen molar-refractivity contribution in [1.29, 1.82) is 0 Å². The molecule has 0 bridgehead atoms. The van der Waals surface area contributed by atoms with Crippen LogP contribution in [0.3, 0.4) is 0 Å². The summed E-state index contributed by atoms with van der Waals surface area (Å²) < 4.78 is 49.5. The monoisotopic (exact) mass is 466 g/mol. The van der Waals surface area contributed by atoms with Gasteiger partial charge in [0, 0.05) is 37.3 Å².